The van der Waals surface area contributed by atoms with Crippen molar-refractivity contribution in [1.29, 1.82) is 0 Å². The average Bonchev–Trinajstić information content (AvgIpc) is 3.30. The van der Waals surface area contributed by atoms with Gasteiger partial charge in [0, 0.05) is 0 Å². The number of aliphatic carboxylic acids is 1. The van der Waals surface area contributed by atoms with Crippen LogP contribution in [0.3, 0.4) is 0 Å². The van der Waals surface area contributed by atoms with Crippen molar-refractivity contribution in [2.45, 2.75) is 47.0 Å². The molecule has 2 N–H and O–H groups in total. The zero-order valence-corrected chi connectivity index (χ0v) is 18.0. The number of carbonyl (C=O) groups is 2. The van der Waals surface area contributed by atoms with E-state index in [1.54, 1.807) is 22.7 Å². The Kier molecular flexibility index (Phi) is 20.3. The first kappa shape index (κ1) is 31.6. The average molecular weight is 423 g/mol. The molecule has 154 valence electrons. The van der Waals surface area contributed by atoms with E-state index in [1.165, 1.54) is 12.7 Å². The molecule has 0 saturated carbocycles. The number of carbonyl (C=O) groups excluding carboxylic acids is 1. The van der Waals surface area contributed by atoms with Gasteiger partial charge in [0.05, 0.1) is 18.9 Å². The standard InChI is InChI=1S/C10H14O2S.C9H12O2S.CH4.Li.H2O/c1-3-9(10(11)12-2)6-8-4-5-13-7-8;1-2-8(9(10)11)5-7-3-4-12-6-7;;;/h4-5,7,9H,3,6H2,1-2H3;3-4,6,8H,2,5H2,1H3,(H,10,11);1H4;;1H2/q;;;+1;/p-1. The second kappa shape index (κ2) is 18.0. The number of thiophene rings is 2. The van der Waals surface area contributed by atoms with E-state index >= 15 is 0 Å². The summed E-state index contributed by atoms with van der Waals surface area (Å²) in [6.07, 6.45) is 3.00. The van der Waals surface area contributed by atoms with Gasteiger partial charge in [-0.1, -0.05) is 21.3 Å². The Morgan fingerprint density at radius 1 is 1.00 bits per heavy atom. The summed E-state index contributed by atoms with van der Waals surface area (Å²) in [5, 5.41) is 16.9. The Hall–Kier alpha value is -1.10. The molecule has 0 aliphatic rings. The number of esters is 1. The Labute approximate surface area is 188 Å². The maximum atomic E-state index is 11.3. The minimum atomic E-state index is -0.691. The minimum absolute atomic E-state index is 0. The quantitative estimate of drug-likeness (QED) is 0.521. The van der Waals surface area contributed by atoms with Crippen molar-refractivity contribution < 1.29 is 43.8 Å². The van der Waals surface area contributed by atoms with Crippen LogP contribution >= 0.6 is 22.7 Å². The van der Waals surface area contributed by atoms with Gasteiger partial charge < -0.3 is 15.3 Å². The van der Waals surface area contributed by atoms with Gasteiger partial charge in [-0.2, -0.15) is 22.7 Å². The fourth-order valence-corrected chi connectivity index (χ4v) is 3.72. The molecule has 0 bridgehead atoms. The number of ether oxygens (including phenoxy) is 1. The SMILES string of the molecule is C.CCC(Cc1ccsc1)C(=O)O.CCC(Cc1ccsc1)C(=O)OC.[Li+].[OH-]. The predicted molar refractivity (Wildman–Crippen MR) is 112 cm³/mol. The van der Waals surface area contributed by atoms with Gasteiger partial charge >= 0.3 is 30.8 Å². The molecule has 0 radical (unpaired) electrons. The van der Waals surface area contributed by atoms with Crippen molar-refractivity contribution in [2.75, 3.05) is 7.11 Å². The first-order valence-corrected chi connectivity index (χ1v) is 10.2. The van der Waals surface area contributed by atoms with Crippen LogP contribution in [-0.4, -0.2) is 29.6 Å². The third-order valence-corrected chi connectivity index (χ3v) is 5.46. The Bertz CT molecular complexity index is 615. The summed E-state index contributed by atoms with van der Waals surface area (Å²) in [6.45, 7) is 3.92. The van der Waals surface area contributed by atoms with Crippen molar-refractivity contribution in [1.82, 2.24) is 0 Å². The van der Waals surface area contributed by atoms with Gasteiger partial charge in [0.1, 0.15) is 0 Å². The summed E-state index contributed by atoms with van der Waals surface area (Å²) in [6, 6.07) is 4.03. The minimum Gasteiger partial charge on any atom is -0.870 e. The molecule has 2 unspecified atom stereocenters. The van der Waals surface area contributed by atoms with E-state index in [0.29, 0.717) is 12.8 Å². The molecule has 8 heteroatoms. The normalized spacial score (nSPS) is 11.2. The molecule has 0 aliphatic heterocycles. The van der Waals surface area contributed by atoms with Crippen LogP contribution in [0.2, 0.25) is 0 Å². The van der Waals surface area contributed by atoms with Gasteiger partial charge in [-0.25, -0.2) is 0 Å². The summed E-state index contributed by atoms with van der Waals surface area (Å²) >= 11 is 3.27. The van der Waals surface area contributed by atoms with Gasteiger partial charge in [-0.15, -0.1) is 0 Å². The number of rotatable bonds is 8. The Morgan fingerprint density at radius 3 is 1.71 bits per heavy atom. The molecular weight excluding hydrogens is 391 g/mol. The fraction of sp³-hybridized carbons (Fsp3) is 0.500. The summed E-state index contributed by atoms with van der Waals surface area (Å²) in [4.78, 5) is 21.9. The fourth-order valence-electron chi connectivity index (χ4n) is 2.35. The number of hydrogen-bond acceptors (Lipinski definition) is 6. The first-order valence-electron chi connectivity index (χ1n) is 8.34. The first-order chi connectivity index (χ1) is 12.0. The van der Waals surface area contributed by atoms with Crippen LogP contribution in [0.4, 0.5) is 0 Å². The van der Waals surface area contributed by atoms with Crippen LogP contribution in [0.1, 0.15) is 45.2 Å². The van der Waals surface area contributed by atoms with Crippen molar-refractivity contribution in [3.63, 3.8) is 0 Å². The van der Waals surface area contributed by atoms with E-state index in [9.17, 15) is 9.59 Å². The summed E-state index contributed by atoms with van der Waals surface area (Å²) < 4.78 is 4.72. The monoisotopic (exact) mass is 422 g/mol. The molecule has 5 nitrogen and oxygen atoms in total. The number of hydrogen-bond donors (Lipinski definition) is 1. The molecule has 2 atom stereocenters. The second-order valence-corrected chi connectivity index (χ2v) is 7.30. The Balaban J connectivity index is -0.000000404. The molecule has 0 fully saturated rings. The van der Waals surface area contributed by atoms with Gasteiger partial charge in [0.2, 0.25) is 0 Å². The molecule has 0 spiro atoms. The van der Waals surface area contributed by atoms with Crippen LogP contribution in [0.5, 0.6) is 0 Å². The predicted octanol–water partition coefficient (Wildman–Crippen LogP) is 2.35. The van der Waals surface area contributed by atoms with Gasteiger partial charge in [0.25, 0.3) is 0 Å². The maximum Gasteiger partial charge on any atom is 1.00 e. The van der Waals surface area contributed by atoms with Gasteiger partial charge in [-0.05, 0) is 70.5 Å². The largest absolute Gasteiger partial charge is 1.00 e. The third kappa shape index (κ3) is 11.7. The number of methoxy groups -OCH3 is 1. The van der Waals surface area contributed by atoms with Crippen LogP contribution < -0.4 is 18.9 Å². The molecule has 0 saturated heterocycles. The van der Waals surface area contributed by atoms with E-state index in [0.717, 1.165) is 18.4 Å². The number of carboxylic acids is 1. The van der Waals surface area contributed by atoms with Gasteiger partial charge in [-0.3, -0.25) is 9.59 Å². The summed E-state index contributed by atoms with van der Waals surface area (Å²) in [5.74, 6) is -1.00. The van der Waals surface area contributed by atoms with Gasteiger partial charge in [0.15, 0.2) is 0 Å². The molecule has 2 rings (SSSR count). The van der Waals surface area contributed by atoms with E-state index in [2.05, 4.69) is 11.4 Å². The van der Waals surface area contributed by atoms with E-state index in [-0.39, 0.29) is 49.6 Å². The third-order valence-electron chi connectivity index (χ3n) is 3.99. The van der Waals surface area contributed by atoms with Crippen molar-refractivity contribution >= 4 is 34.6 Å². The molecule has 0 aliphatic carbocycles. The molecule has 2 heterocycles. The zero-order valence-electron chi connectivity index (χ0n) is 16.4. The molecule has 28 heavy (non-hydrogen) atoms. The molecule has 0 aromatic carbocycles. The smallest absolute Gasteiger partial charge is 0.870 e. The van der Waals surface area contributed by atoms with E-state index in [4.69, 9.17) is 9.84 Å². The molecule has 2 aromatic heterocycles. The molecule has 0 amide bonds. The summed E-state index contributed by atoms with van der Waals surface area (Å²) in [7, 11) is 1.44. The molecular formula is C20H31LiO5S2. The molecule has 2 aromatic rings. The summed E-state index contributed by atoms with van der Waals surface area (Å²) in [5.41, 5.74) is 2.36. The van der Waals surface area contributed by atoms with Crippen molar-refractivity contribution in [3.05, 3.63) is 44.8 Å². The van der Waals surface area contributed by atoms with E-state index in [1.807, 2.05) is 36.1 Å². The van der Waals surface area contributed by atoms with Crippen LogP contribution in [0.15, 0.2) is 33.7 Å². The Morgan fingerprint density at radius 2 is 1.43 bits per heavy atom. The van der Waals surface area contributed by atoms with Crippen LogP contribution in [0, 0.1) is 11.8 Å². The zero-order chi connectivity index (χ0) is 18.7. The second-order valence-electron chi connectivity index (χ2n) is 5.74. The maximum absolute atomic E-state index is 11.3. The van der Waals surface area contributed by atoms with Crippen molar-refractivity contribution in [3.8, 4) is 0 Å². The van der Waals surface area contributed by atoms with Crippen LogP contribution in [0.25, 0.3) is 0 Å². The number of carboxylic acid groups (broad SMARTS) is 1. The topological polar surface area (TPSA) is 93.6 Å². The van der Waals surface area contributed by atoms with Crippen LogP contribution in [-0.2, 0) is 27.2 Å². The van der Waals surface area contributed by atoms with E-state index < -0.39 is 5.97 Å². The van der Waals surface area contributed by atoms with Crippen molar-refractivity contribution in [2.24, 2.45) is 11.8 Å².